The summed E-state index contributed by atoms with van der Waals surface area (Å²) in [5.74, 6) is 0.423. The molecule has 0 saturated carbocycles. The monoisotopic (exact) mass is 367 g/mol. The van der Waals surface area contributed by atoms with Crippen molar-refractivity contribution < 1.29 is 9.59 Å². The number of rotatable bonds is 2. The van der Waals surface area contributed by atoms with Crippen LogP contribution < -0.4 is 0 Å². The van der Waals surface area contributed by atoms with Crippen molar-refractivity contribution >= 4 is 22.7 Å². The van der Waals surface area contributed by atoms with Crippen molar-refractivity contribution in [2.24, 2.45) is 5.41 Å². The van der Waals surface area contributed by atoms with E-state index in [2.05, 4.69) is 13.8 Å². The van der Waals surface area contributed by atoms with Gasteiger partial charge in [0.15, 0.2) is 0 Å². The molecule has 0 unspecified atom stereocenters. The predicted molar refractivity (Wildman–Crippen MR) is 108 cm³/mol. The highest BCUT2D eigenvalue weighted by atomic mass is 16.2. The number of fused-ring (bicyclic) bond motifs is 1. The van der Waals surface area contributed by atoms with Gasteiger partial charge in [0.2, 0.25) is 5.91 Å². The van der Waals surface area contributed by atoms with E-state index in [0.717, 1.165) is 16.6 Å². The van der Waals surface area contributed by atoms with E-state index < -0.39 is 0 Å². The van der Waals surface area contributed by atoms with Crippen molar-refractivity contribution in [3.8, 4) is 0 Å². The van der Waals surface area contributed by atoms with Gasteiger partial charge in [0.05, 0.1) is 11.1 Å². The van der Waals surface area contributed by atoms with Gasteiger partial charge in [-0.15, -0.1) is 0 Å². The fourth-order valence-electron chi connectivity index (χ4n) is 3.43. The first kappa shape index (κ1) is 19.3. The first-order chi connectivity index (χ1) is 12.7. The molecule has 5 heteroatoms. The summed E-state index contributed by atoms with van der Waals surface area (Å²) in [6.45, 7) is 12.3. The van der Waals surface area contributed by atoms with Crippen LogP contribution in [0.5, 0.6) is 0 Å². The Balaban J connectivity index is 1.84. The van der Waals surface area contributed by atoms with Gasteiger partial charge in [-0.05, 0) is 18.1 Å². The third-order valence-electron chi connectivity index (χ3n) is 5.05. The zero-order chi connectivity index (χ0) is 19.8. The number of carbonyl (C=O) groups excluding carboxylic acids is 2. The lowest BCUT2D eigenvalue weighted by atomic mass is 9.94. The number of pyridine rings is 1. The van der Waals surface area contributed by atoms with E-state index in [4.69, 9.17) is 4.98 Å². The van der Waals surface area contributed by atoms with Gasteiger partial charge in [-0.3, -0.25) is 14.6 Å². The lowest BCUT2D eigenvalue weighted by Gasteiger charge is -2.37. The minimum Gasteiger partial charge on any atom is -0.339 e. The summed E-state index contributed by atoms with van der Waals surface area (Å²) in [5, 5.41) is 0.889. The molecule has 0 N–H and O–H groups in total. The topological polar surface area (TPSA) is 53.5 Å². The maximum absolute atomic E-state index is 13.3. The van der Waals surface area contributed by atoms with Crippen LogP contribution in [0.3, 0.4) is 0 Å². The molecule has 0 aliphatic carbocycles. The van der Waals surface area contributed by atoms with Crippen LogP contribution in [0, 0.1) is 5.41 Å². The van der Waals surface area contributed by atoms with Crippen molar-refractivity contribution in [3.63, 3.8) is 0 Å². The van der Waals surface area contributed by atoms with E-state index in [-0.39, 0.29) is 23.1 Å². The van der Waals surface area contributed by atoms with Crippen molar-refractivity contribution in [2.75, 3.05) is 26.2 Å². The molecule has 3 rings (SSSR count). The Morgan fingerprint density at radius 1 is 1.00 bits per heavy atom. The zero-order valence-electron chi connectivity index (χ0n) is 17.0. The van der Waals surface area contributed by atoms with Gasteiger partial charge in [-0.1, -0.05) is 52.8 Å². The number of nitrogens with zero attached hydrogens (tertiary/aromatic N) is 3. The van der Waals surface area contributed by atoms with Gasteiger partial charge >= 0.3 is 0 Å². The van der Waals surface area contributed by atoms with E-state index in [9.17, 15) is 9.59 Å². The van der Waals surface area contributed by atoms with Crippen molar-refractivity contribution in [3.05, 3.63) is 41.6 Å². The Labute approximate surface area is 161 Å². The molecular weight excluding hydrogens is 338 g/mol. The average molecular weight is 367 g/mol. The maximum atomic E-state index is 13.3. The number of para-hydroxylation sites is 1. The molecule has 2 amide bonds. The summed E-state index contributed by atoms with van der Waals surface area (Å²) < 4.78 is 0. The maximum Gasteiger partial charge on any atom is 0.254 e. The van der Waals surface area contributed by atoms with Gasteiger partial charge < -0.3 is 9.80 Å². The molecular formula is C22H29N3O2. The molecule has 5 nitrogen and oxygen atoms in total. The van der Waals surface area contributed by atoms with Crippen LogP contribution in [0.15, 0.2) is 30.3 Å². The Morgan fingerprint density at radius 2 is 1.59 bits per heavy atom. The molecule has 0 spiro atoms. The number of benzene rings is 1. The Bertz CT molecular complexity index is 859. The predicted octanol–water partition coefficient (Wildman–Crippen LogP) is 3.69. The first-order valence-corrected chi connectivity index (χ1v) is 9.67. The standard InChI is InChI=1S/C22H29N3O2/c1-15(2)19-14-17(16-8-6-7-9-18(16)23-19)20(26)24-10-12-25(13-11-24)21(27)22(3,4)5/h6-9,14-15H,10-13H2,1-5H3. The minimum absolute atomic E-state index is 0.0263. The molecule has 27 heavy (non-hydrogen) atoms. The minimum atomic E-state index is -0.389. The molecule has 144 valence electrons. The smallest absolute Gasteiger partial charge is 0.254 e. The molecule has 2 heterocycles. The van der Waals surface area contributed by atoms with Gasteiger partial charge in [-0.2, -0.15) is 0 Å². The molecule has 1 fully saturated rings. The number of aromatic nitrogens is 1. The van der Waals surface area contributed by atoms with Gasteiger partial charge in [0.1, 0.15) is 0 Å². The fraction of sp³-hybridized carbons (Fsp3) is 0.500. The molecule has 0 radical (unpaired) electrons. The highest BCUT2D eigenvalue weighted by Crippen LogP contribution is 2.25. The van der Waals surface area contributed by atoms with E-state index in [0.29, 0.717) is 31.7 Å². The molecule has 1 saturated heterocycles. The second kappa shape index (κ2) is 7.29. The largest absolute Gasteiger partial charge is 0.339 e. The van der Waals surface area contributed by atoms with Crippen LogP contribution in [-0.2, 0) is 4.79 Å². The van der Waals surface area contributed by atoms with E-state index in [1.165, 1.54) is 0 Å². The normalized spacial score (nSPS) is 15.5. The summed E-state index contributed by atoms with van der Waals surface area (Å²) in [5.41, 5.74) is 2.10. The van der Waals surface area contributed by atoms with Crippen molar-refractivity contribution in [1.29, 1.82) is 0 Å². The summed E-state index contributed by atoms with van der Waals surface area (Å²) in [6, 6.07) is 9.74. The summed E-state index contributed by atoms with van der Waals surface area (Å²) in [6.07, 6.45) is 0. The summed E-state index contributed by atoms with van der Waals surface area (Å²) in [7, 11) is 0. The highest BCUT2D eigenvalue weighted by Gasteiger charge is 2.31. The molecule has 0 atom stereocenters. The Morgan fingerprint density at radius 3 is 2.19 bits per heavy atom. The van der Waals surface area contributed by atoms with Gasteiger partial charge in [0, 0.05) is 42.7 Å². The summed E-state index contributed by atoms with van der Waals surface area (Å²) >= 11 is 0. The highest BCUT2D eigenvalue weighted by molar-refractivity contribution is 6.06. The van der Waals surface area contributed by atoms with E-state index in [1.54, 1.807) is 0 Å². The van der Waals surface area contributed by atoms with Crippen LogP contribution in [0.25, 0.3) is 10.9 Å². The van der Waals surface area contributed by atoms with Crippen LogP contribution >= 0.6 is 0 Å². The quantitative estimate of drug-likeness (QED) is 0.813. The van der Waals surface area contributed by atoms with Crippen LogP contribution in [0.1, 0.15) is 56.6 Å². The zero-order valence-corrected chi connectivity index (χ0v) is 17.0. The number of carbonyl (C=O) groups is 2. The molecule has 0 bridgehead atoms. The average Bonchev–Trinajstić information content (AvgIpc) is 2.65. The lowest BCUT2D eigenvalue weighted by Crippen LogP contribution is -2.53. The number of piperazine rings is 1. The van der Waals surface area contributed by atoms with Gasteiger partial charge in [0.25, 0.3) is 5.91 Å². The number of amides is 2. The lowest BCUT2D eigenvalue weighted by molar-refractivity contribution is -0.140. The van der Waals surface area contributed by atoms with Crippen LogP contribution in [0.4, 0.5) is 0 Å². The Kier molecular flexibility index (Phi) is 5.22. The fourth-order valence-corrected chi connectivity index (χ4v) is 3.43. The second-order valence-corrected chi connectivity index (χ2v) is 8.60. The molecule has 1 aromatic heterocycles. The molecule has 1 aliphatic heterocycles. The SMILES string of the molecule is CC(C)c1cc(C(=O)N2CCN(C(=O)C(C)(C)C)CC2)c2ccccc2n1. The van der Waals surface area contributed by atoms with Crippen LogP contribution in [-0.4, -0.2) is 52.8 Å². The third kappa shape index (κ3) is 3.97. The van der Waals surface area contributed by atoms with E-state index >= 15 is 0 Å². The molecule has 1 aliphatic rings. The molecule has 1 aromatic carbocycles. The van der Waals surface area contributed by atoms with E-state index in [1.807, 2.05) is 60.9 Å². The Hall–Kier alpha value is -2.43. The number of hydrogen-bond donors (Lipinski definition) is 0. The summed E-state index contributed by atoms with van der Waals surface area (Å²) in [4.78, 5) is 34.2. The van der Waals surface area contributed by atoms with Gasteiger partial charge in [-0.25, -0.2) is 0 Å². The van der Waals surface area contributed by atoms with Crippen molar-refractivity contribution in [2.45, 2.75) is 40.5 Å². The third-order valence-corrected chi connectivity index (χ3v) is 5.05. The first-order valence-electron chi connectivity index (χ1n) is 9.67. The van der Waals surface area contributed by atoms with Crippen LogP contribution in [0.2, 0.25) is 0 Å². The second-order valence-electron chi connectivity index (χ2n) is 8.60. The molecule has 2 aromatic rings. The number of hydrogen-bond acceptors (Lipinski definition) is 3. The van der Waals surface area contributed by atoms with Crippen molar-refractivity contribution in [1.82, 2.24) is 14.8 Å².